The highest BCUT2D eigenvalue weighted by Crippen LogP contribution is 2.29. The van der Waals surface area contributed by atoms with Gasteiger partial charge in [0.25, 0.3) is 0 Å². The summed E-state index contributed by atoms with van der Waals surface area (Å²) in [5.74, 6) is 0.0545. The Balaban J connectivity index is 1.69. The summed E-state index contributed by atoms with van der Waals surface area (Å²) in [6, 6.07) is 14.8. The van der Waals surface area contributed by atoms with Crippen LogP contribution < -0.4 is 16.3 Å². The van der Waals surface area contributed by atoms with Crippen LogP contribution in [0.2, 0.25) is 0 Å². The van der Waals surface area contributed by atoms with E-state index in [1.54, 1.807) is 42.2 Å². The van der Waals surface area contributed by atoms with Gasteiger partial charge in [0.15, 0.2) is 0 Å². The van der Waals surface area contributed by atoms with E-state index in [1.807, 2.05) is 24.3 Å². The van der Waals surface area contributed by atoms with Gasteiger partial charge < -0.3 is 5.32 Å². The van der Waals surface area contributed by atoms with Gasteiger partial charge in [-0.2, -0.15) is 0 Å². The number of aryl methyl sites for hydroxylation is 1. The highest BCUT2D eigenvalue weighted by atomic mass is 19.1. The van der Waals surface area contributed by atoms with Crippen LogP contribution in [0.5, 0.6) is 0 Å². The zero-order chi connectivity index (χ0) is 23.1. The summed E-state index contributed by atoms with van der Waals surface area (Å²) in [6.45, 7) is 0. The van der Waals surface area contributed by atoms with Crippen molar-refractivity contribution in [2.24, 2.45) is 7.05 Å². The van der Waals surface area contributed by atoms with Crippen molar-refractivity contribution in [2.45, 2.75) is 0 Å². The van der Waals surface area contributed by atoms with E-state index in [9.17, 15) is 14.0 Å². The normalized spacial score (nSPS) is 11.1. The first kappa shape index (κ1) is 20.4. The van der Waals surface area contributed by atoms with E-state index in [0.717, 1.165) is 22.0 Å². The summed E-state index contributed by atoms with van der Waals surface area (Å²) in [5.41, 5.74) is 4.10. The minimum atomic E-state index is -0.372. The van der Waals surface area contributed by atoms with Crippen LogP contribution in [-0.2, 0) is 7.05 Å². The average Bonchev–Trinajstić information content (AvgIpc) is 3.10. The Kier molecular flexibility index (Phi) is 4.86. The maximum atomic E-state index is 13.5. The van der Waals surface area contributed by atoms with Crippen LogP contribution in [0.4, 0.5) is 15.0 Å². The van der Waals surface area contributed by atoms with Gasteiger partial charge in [-0.05, 0) is 54.1 Å². The van der Waals surface area contributed by atoms with Gasteiger partial charge in [-0.25, -0.2) is 19.0 Å². The summed E-state index contributed by atoms with van der Waals surface area (Å²) >= 11 is 0. The molecule has 8 nitrogen and oxygen atoms in total. The lowest BCUT2D eigenvalue weighted by Crippen LogP contribution is -2.24. The number of pyridine rings is 2. The molecular weight excluding hydrogens is 423 g/mol. The van der Waals surface area contributed by atoms with Crippen LogP contribution in [0.15, 0.2) is 71.8 Å². The number of imidazole rings is 1. The van der Waals surface area contributed by atoms with Gasteiger partial charge in [-0.1, -0.05) is 6.07 Å². The molecule has 0 saturated heterocycles. The van der Waals surface area contributed by atoms with Crippen LogP contribution in [0.1, 0.15) is 0 Å². The first-order valence-corrected chi connectivity index (χ1v) is 10.2. The van der Waals surface area contributed by atoms with Crippen molar-refractivity contribution in [3.8, 4) is 16.8 Å². The van der Waals surface area contributed by atoms with Crippen molar-refractivity contribution in [2.75, 3.05) is 12.4 Å². The second kappa shape index (κ2) is 7.86. The average molecular weight is 442 g/mol. The molecule has 0 radical (unpaired) electrons. The molecule has 2 amide bonds. The fourth-order valence-electron chi connectivity index (χ4n) is 3.82. The molecule has 0 unspecified atom stereocenters. The maximum Gasteiger partial charge on any atom is 0.333 e. The number of carbonyl (C=O) groups is 1. The molecular formula is C24H19FN6O2. The van der Waals surface area contributed by atoms with Crippen molar-refractivity contribution in [1.29, 1.82) is 0 Å². The Bertz CT molecular complexity index is 1570. The molecule has 9 heteroatoms. The number of hydrogen-bond acceptors (Lipinski definition) is 4. The molecule has 164 valence electrons. The van der Waals surface area contributed by atoms with Gasteiger partial charge in [0.2, 0.25) is 0 Å². The van der Waals surface area contributed by atoms with E-state index in [0.29, 0.717) is 22.5 Å². The number of carbonyl (C=O) groups excluding carboxylic acids is 1. The summed E-state index contributed by atoms with van der Waals surface area (Å²) in [7, 11) is 3.22. The van der Waals surface area contributed by atoms with Gasteiger partial charge >= 0.3 is 11.7 Å². The number of benzene rings is 2. The standard InChI is InChI=1S/C24H19FN6O2/c1-26-23(32)29-21-10-4-15(12-28-21)14-3-9-19-18(11-14)22-20(13-27-19)30(2)24(33)31(22)17-7-5-16(25)6-8-17/h3-13H,1-2H3,(H2,26,28,29,32). The molecule has 2 aromatic carbocycles. The number of urea groups is 1. The molecule has 5 rings (SSSR count). The minimum absolute atomic E-state index is 0.248. The molecule has 0 aliphatic heterocycles. The number of hydrogen-bond donors (Lipinski definition) is 2. The Hall–Kier alpha value is -4.53. The van der Waals surface area contributed by atoms with Crippen molar-refractivity contribution >= 4 is 33.8 Å². The van der Waals surface area contributed by atoms with E-state index in [1.165, 1.54) is 23.7 Å². The third kappa shape index (κ3) is 3.49. The van der Waals surface area contributed by atoms with E-state index in [-0.39, 0.29) is 17.5 Å². The van der Waals surface area contributed by atoms with E-state index < -0.39 is 0 Å². The molecule has 0 saturated carbocycles. The molecule has 0 bridgehead atoms. The van der Waals surface area contributed by atoms with Crippen LogP contribution in [-0.4, -0.2) is 32.2 Å². The number of aromatic nitrogens is 4. The first-order chi connectivity index (χ1) is 16.0. The van der Waals surface area contributed by atoms with Gasteiger partial charge in [-0.3, -0.25) is 19.4 Å². The predicted octanol–water partition coefficient (Wildman–Crippen LogP) is 3.83. The number of nitrogens with zero attached hydrogens (tertiary/aromatic N) is 4. The number of nitrogens with one attached hydrogen (secondary N) is 2. The summed E-state index contributed by atoms with van der Waals surface area (Å²) in [6.07, 6.45) is 3.33. The Morgan fingerprint density at radius 2 is 1.73 bits per heavy atom. The number of anilines is 1. The fraction of sp³-hybridized carbons (Fsp3) is 0.0833. The van der Waals surface area contributed by atoms with Gasteiger partial charge in [0.1, 0.15) is 11.6 Å². The van der Waals surface area contributed by atoms with Crippen LogP contribution in [0.3, 0.4) is 0 Å². The summed E-state index contributed by atoms with van der Waals surface area (Å²) < 4.78 is 16.6. The van der Waals surface area contributed by atoms with Crippen molar-refractivity contribution in [3.05, 3.63) is 83.3 Å². The van der Waals surface area contributed by atoms with Gasteiger partial charge in [0.05, 0.1) is 28.4 Å². The number of rotatable bonds is 3. The minimum Gasteiger partial charge on any atom is -0.341 e. The zero-order valence-corrected chi connectivity index (χ0v) is 17.8. The third-order valence-electron chi connectivity index (χ3n) is 5.53. The Morgan fingerprint density at radius 1 is 0.970 bits per heavy atom. The quantitative estimate of drug-likeness (QED) is 0.444. The largest absolute Gasteiger partial charge is 0.341 e. The summed E-state index contributed by atoms with van der Waals surface area (Å²) in [4.78, 5) is 33.4. The van der Waals surface area contributed by atoms with Crippen molar-refractivity contribution in [1.82, 2.24) is 24.4 Å². The van der Waals surface area contributed by atoms with Gasteiger partial charge in [-0.15, -0.1) is 0 Å². The van der Waals surface area contributed by atoms with Crippen LogP contribution >= 0.6 is 0 Å². The Morgan fingerprint density at radius 3 is 2.42 bits per heavy atom. The lowest BCUT2D eigenvalue weighted by atomic mass is 10.0. The molecule has 0 spiro atoms. The van der Waals surface area contributed by atoms with Crippen LogP contribution in [0, 0.1) is 5.82 Å². The molecule has 0 fully saturated rings. The Labute approximate surface area is 187 Å². The SMILES string of the molecule is CNC(=O)Nc1ccc(-c2ccc3ncc4c(c3c2)n(-c2ccc(F)cc2)c(=O)n4C)cn1. The topological polar surface area (TPSA) is 93.8 Å². The zero-order valence-electron chi connectivity index (χ0n) is 17.8. The molecule has 0 aliphatic rings. The molecule has 0 atom stereocenters. The van der Waals surface area contributed by atoms with Crippen molar-refractivity contribution in [3.63, 3.8) is 0 Å². The highest BCUT2D eigenvalue weighted by Gasteiger charge is 2.17. The van der Waals surface area contributed by atoms with E-state index >= 15 is 0 Å². The molecule has 2 N–H and O–H groups in total. The highest BCUT2D eigenvalue weighted by molar-refractivity contribution is 6.04. The number of amides is 2. The molecule has 33 heavy (non-hydrogen) atoms. The summed E-state index contributed by atoms with van der Waals surface area (Å²) in [5, 5.41) is 5.88. The molecule has 3 aromatic heterocycles. The predicted molar refractivity (Wildman–Crippen MR) is 125 cm³/mol. The van der Waals surface area contributed by atoms with Crippen LogP contribution in [0.25, 0.3) is 38.8 Å². The third-order valence-corrected chi connectivity index (χ3v) is 5.53. The molecule has 0 aliphatic carbocycles. The fourth-order valence-corrected chi connectivity index (χ4v) is 3.82. The first-order valence-electron chi connectivity index (χ1n) is 10.2. The van der Waals surface area contributed by atoms with E-state index in [2.05, 4.69) is 20.6 Å². The second-order valence-corrected chi connectivity index (χ2v) is 7.51. The number of fused-ring (bicyclic) bond motifs is 3. The molecule has 3 heterocycles. The lowest BCUT2D eigenvalue weighted by Gasteiger charge is -2.09. The smallest absolute Gasteiger partial charge is 0.333 e. The number of halogens is 1. The van der Waals surface area contributed by atoms with Crippen molar-refractivity contribution < 1.29 is 9.18 Å². The lowest BCUT2D eigenvalue weighted by molar-refractivity contribution is 0.254. The second-order valence-electron chi connectivity index (χ2n) is 7.51. The maximum absolute atomic E-state index is 13.5. The van der Waals surface area contributed by atoms with E-state index in [4.69, 9.17) is 0 Å². The monoisotopic (exact) mass is 442 g/mol. The molecule has 5 aromatic rings. The van der Waals surface area contributed by atoms with Gasteiger partial charge in [0, 0.05) is 31.2 Å².